The number of benzene rings is 1. The van der Waals surface area contributed by atoms with Gasteiger partial charge in [0.1, 0.15) is 0 Å². The zero-order chi connectivity index (χ0) is 16.9. The lowest BCUT2D eigenvalue weighted by Gasteiger charge is -2.36. The van der Waals surface area contributed by atoms with Gasteiger partial charge in [0.05, 0.1) is 6.04 Å². The van der Waals surface area contributed by atoms with Crippen molar-refractivity contribution in [1.29, 1.82) is 0 Å². The van der Waals surface area contributed by atoms with Crippen LogP contribution in [-0.2, 0) is 11.2 Å². The standard InChI is InChI=1S/C19H22BrN3O.ClH/c1-14-11-15(4-6-17(14)20)5-7-19(24)23-10-9-22-13-18(23)16-3-2-8-21-12-16;/h2-4,6,8,11-12,18,22H,5,7,9-10,13H2,1H3;1H. The lowest BCUT2D eigenvalue weighted by Crippen LogP contribution is -2.48. The average molecular weight is 425 g/mol. The molecule has 1 fully saturated rings. The summed E-state index contributed by atoms with van der Waals surface area (Å²) < 4.78 is 1.11. The Morgan fingerprint density at radius 1 is 1.40 bits per heavy atom. The smallest absolute Gasteiger partial charge is 0.223 e. The Labute approximate surface area is 163 Å². The van der Waals surface area contributed by atoms with Crippen molar-refractivity contribution in [3.63, 3.8) is 0 Å². The number of nitrogens with one attached hydrogen (secondary N) is 1. The molecule has 1 aromatic heterocycles. The van der Waals surface area contributed by atoms with E-state index in [0.717, 1.165) is 36.1 Å². The number of pyridine rings is 1. The molecule has 0 saturated carbocycles. The van der Waals surface area contributed by atoms with Gasteiger partial charge in [-0.15, -0.1) is 12.4 Å². The van der Waals surface area contributed by atoms with Gasteiger partial charge in [-0.05, 0) is 42.2 Å². The van der Waals surface area contributed by atoms with Crippen molar-refractivity contribution in [2.24, 2.45) is 0 Å². The fraction of sp³-hybridized carbons (Fsp3) is 0.368. The Kier molecular flexibility index (Phi) is 7.41. The van der Waals surface area contributed by atoms with E-state index < -0.39 is 0 Å². The Hall–Kier alpha value is -1.43. The van der Waals surface area contributed by atoms with E-state index in [1.54, 1.807) is 6.20 Å². The molecule has 2 heterocycles. The third-order valence-corrected chi connectivity index (χ3v) is 5.37. The van der Waals surface area contributed by atoms with Gasteiger partial charge in [0.2, 0.25) is 5.91 Å². The molecule has 1 saturated heterocycles. The Morgan fingerprint density at radius 3 is 2.96 bits per heavy atom. The van der Waals surface area contributed by atoms with Crippen molar-refractivity contribution >= 4 is 34.2 Å². The van der Waals surface area contributed by atoms with Crippen molar-refractivity contribution in [2.75, 3.05) is 19.6 Å². The molecule has 1 atom stereocenters. The summed E-state index contributed by atoms with van der Waals surface area (Å²) in [5, 5.41) is 3.38. The number of amides is 1. The highest BCUT2D eigenvalue weighted by molar-refractivity contribution is 9.10. The van der Waals surface area contributed by atoms with Crippen LogP contribution in [0.3, 0.4) is 0 Å². The Morgan fingerprint density at radius 2 is 2.24 bits per heavy atom. The van der Waals surface area contributed by atoms with Gasteiger partial charge in [0.25, 0.3) is 0 Å². The van der Waals surface area contributed by atoms with E-state index in [4.69, 9.17) is 0 Å². The zero-order valence-electron chi connectivity index (χ0n) is 14.2. The van der Waals surface area contributed by atoms with Crippen LogP contribution >= 0.6 is 28.3 Å². The fourth-order valence-corrected chi connectivity index (χ4v) is 3.38. The van der Waals surface area contributed by atoms with Crippen LogP contribution in [0.5, 0.6) is 0 Å². The molecule has 0 spiro atoms. The summed E-state index contributed by atoms with van der Waals surface area (Å²) in [5.41, 5.74) is 3.50. The average Bonchev–Trinajstić information content (AvgIpc) is 2.63. The highest BCUT2D eigenvalue weighted by Gasteiger charge is 2.27. The summed E-state index contributed by atoms with van der Waals surface area (Å²) in [7, 11) is 0. The molecular formula is C19H23BrClN3O. The molecule has 134 valence electrons. The minimum absolute atomic E-state index is 0. The summed E-state index contributed by atoms with van der Waals surface area (Å²) in [6.45, 7) is 4.45. The molecule has 25 heavy (non-hydrogen) atoms. The SMILES string of the molecule is Cc1cc(CCC(=O)N2CCNCC2c2cccnc2)ccc1Br.Cl. The zero-order valence-corrected chi connectivity index (χ0v) is 16.6. The Balaban J connectivity index is 0.00000225. The molecule has 1 amide bonds. The number of hydrogen-bond donors (Lipinski definition) is 1. The fourth-order valence-electron chi connectivity index (χ4n) is 3.13. The summed E-state index contributed by atoms with van der Waals surface area (Å²) in [6.07, 6.45) is 4.94. The molecule has 1 aliphatic rings. The number of aryl methyl sites for hydroxylation is 2. The van der Waals surface area contributed by atoms with Crippen molar-refractivity contribution in [3.8, 4) is 0 Å². The number of hydrogen-bond acceptors (Lipinski definition) is 3. The molecule has 4 nitrogen and oxygen atoms in total. The number of rotatable bonds is 4. The van der Waals surface area contributed by atoms with Crippen molar-refractivity contribution < 1.29 is 4.79 Å². The predicted octanol–water partition coefficient (Wildman–Crippen LogP) is 3.68. The lowest BCUT2D eigenvalue weighted by molar-refractivity contribution is -0.134. The maximum absolute atomic E-state index is 12.8. The number of piperazine rings is 1. The molecular weight excluding hydrogens is 402 g/mol. The second-order valence-electron chi connectivity index (χ2n) is 6.18. The normalized spacial score (nSPS) is 17.0. The van der Waals surface area contributed by atoms with Gasteiger partial charge in [-0.3, -0.25) is 9.78 Å². The topological polar surface area (TPSA) is 45.2 Å². The summed E-state index contributed by atoms with van der Waals surface area (Å²) >= 11 is 3.52. The number of nitrogens with zero attached hydrogens (tertiary/aromatic N) is 2. The van der Waals surface area contributed by atoms with Crippen molar-refractivity contribution in [2.45, 2.75) is 25.8 Å². The molecule has 1 aromatic carbocycles. The molecule has 1 aliphatic heterocycles. The molecule has 6 heteroatoms. The summed E-state index contributed by atoms with van der Waals surface area (Å²) in [5.74, 6) is 0.214. The molecule has 3 rings (SSSR count). The van der Waals surface area contributed by atoms with Crippen LogP contribution in [0.1, 0.15) is 29.2 Å². The van der Waals surface area contributed by atoms with Gasteiger partial charge in [0, 0.05) is 42.9 Å². The summed E-state index contributed by atoms with van der Waals surface area (Å²) in [6, 6.07) is 10.3. The van der Waals surface area contributed by atoms with Gasteiger partial charge >= 0.3 is 0 Å². The van der Waals surface area contributed by atoms with Gasteiger partial charge in [-0.25, -0.2) is 0 Å². The minimum Gasteiger partial charge on any atom is -0.333 e. The van der Waals surface area contributed by atoms with E-state index >= 15 is 0 Å². The van der Waals surface area contributed by atoms with Crippen molar-refractivity contribution in [3.05, 3.63) is 63.9 Å². The quantitative estimate of drug-likeness (QED) is 0.814. The lowest BCUT2D eigenvalue weighted by atomic mass is 10.0. The van der Waals surface area contributed by atoms with Crippen LogP contribution in [0.25, 0.3) is 0 Å². The first-order valence-electron chi connectivity index (χ1n) is 8.30. The molecule has 2 aromatic rings. The molecule has 0 bridgehead atoms. The predicted molar refractivity (Wildman–Crippen MR) is 106 cm³/mol. The minimum atomic E-state index is 0. The van der Waals surface area contributed by atoms with Gasteiger partial charge < -0.3 is 10.2 Å². The van der Waals surface area contributed by atoms with Crippen LogP contribution in [0.4, 0.5) is 0 Å². The second kappa shape index (κ2) is 9.32. The third-order valence-electron chi connectivity index (χ3n) is 4.48. The first-order valence-corrected chi connectivity index (χ1v) is 9.09. The molecule has 1 N–H and O–H groups in total. The molecule has 0 radical (unpaired) electrons. The molecule has 1 unspecified atom stereocenters. The van der Waals surface area contributed by atoms with E-state index in [9.17, 15) is 4.79 Å². The van der Waals surface area contributed by atoms with Crippen molar-refractivity contribution in [1.82, 2.24) is 15.2 Å². The van der Waals surface area contributed by atoms with E-state index in [0.29, 0.717) is 6.42 Å². The van der Waals surface area contributed by atoms with E-state index in [1.807, 2.05) is 23.2 Å². The first kappa shape index (κ1) is 19.9. The number of aromatic nitrogens is 1. The van der Waals surface area contributed by atoms with Gasteiger partial charge in [-0.2, -0.15) is 0 Å². The second-order valence-corrected chi connectivity index (χ2v) is 7.03. The largest absolute Gasteiger partial charge is 0.333 e. The van der Waals surface area contributed by atoms with E-state index in [1.165, 1.54) is 11.1 Å². The first-order chi connectivity index (χ1) is 11.6. The summed E-state index contributed by atoms with van der Waals surface area (Å²) in [4.78, 5) is 19.0. The van der Waals surface area contributed by atoms with Crippen LogP contribution in [0, 0.1) is 6.92 Å². The van der Waals surface area contributed by atoms with Gasteiger partial charge in [-0.1, -0.05) is 34.1 Å². The van der Waals surface area contributed by atoms with Crippen LogP contribution in [0.2, 0.25) is 0 Å². The highest BCUT2D eigenvalue weighted by Crippen LogP contribution is 2.23. The Bertz CT molecular complexity index is 711. The van der Waals surface area contributed by atoms with Crippen LogP contribution < -0.4 is 5.32 Å². The number of carbonyl (C=O) groups excluding carboxylic acids is 1. The maximum atomic E-state index is 12.8. The highest BCUT2D eigenvalue weighted by atomic mass is 79.9. The monoisotopic (exact) mass is 423 g/mol. The van der Waals surface area contributed by atoms with E-state index in [2.05, 4.69) is 51.4 Å². The third kappa shape index (κ3) is 5.03. The number of halogens is 2. The maximum Gasteiger partial charge on any atom is 0.223 e. The van der Waals surface area contributed by atoms with Gasteiger partial charge in [0.15, 0.2) is 0 Å². The van der Waals surface area contributed by atoms with Crippen LogP contribution in [0.15, 0.2) is 47.2 Å². The van der Waals surface area contributed by atoms with E-state index in [-0.39, 0.29) is 24.4 Å². The molecule has 0 aliphatic carbocycles. The van der Waals surface area contributed by atoms with Crippen LogP contribution in [-0.4, -0.2) is 35.4 Å². The number of carbonyl (C=O) groups is 1.